The third kappa shape index (κ3) is 2.55. The van der Waals surface area contributed by atoms with Crippen LogP contribution >= 0.6 is 11.8 Å². The van der Waals surface area contributed by atoms with Crippen LogP contribution in [0.15, 0.2) is 40.9 Å². The number of thioether (sulfide) groups is 1. The van der Waals surface area contributed by atoms with Gasteiger partial charge in [0.1, 0.15) is 23.3 Å². The minimum Gasteiger partial charge on any atom is -0.422 e. The zero-order chi connectivity index (χ0) is 16.6. The Hall–Kier alpha value is -2.79. The Kier molecular flexibility index (Phi) is 3.80. The van der Waals surface area contributed by atoms with Gasteiger partial charge in [0.25, 0.3) is 0 Å². The van der Waals surface area contributed by atoms with Crippen LogP contribution in [0, 0.1) is 17.1 Å². The molecule has 116 valence electrons. The van der Waals surface area contributed by atoms with Crippen LogP contribution in [-0.4, -0.2) is 16.2 Å². The van der Waals surface area contributed by atoms with Crippen molar-refractivity contribution < 1.29 is 9.13 Å². The molecule has 0 aliphatic carbocycles. The molecule has 3 rings (SSSR count). The fourth-order valence-electron chi connectivity index (χ4n) is 2.44. The minimum atomic E-state index is -0.597. The Morgan fingerprint density at radius 1 is 1.26 bits per heavy atom. The molecule has 0 spiro atoms. The van der Waals surface area contributed by atoms with Gasteiger partial charge in [-0.2, -0.15) is 10.2 Å². The van der Waals surface area contributed by atoms with E-state index in [-0.39, 0.29) is 29.0 Å². The Morgan fingerprint density at radius 2 is 1.96 bits per heavy atom. The van der Waals surface area contributed by atoms with E-state index in [0.717, 1.165) is 0 Å². The number of hydrogen-bond acceptors (Lipinski definition) is 7. The summed E-state index contributed by atoms with van der Waals surface area (Å²) in [6.45, 7) is 0. The lowest BCUT2D eigenvalue weighted by Crippen LogP contribution is -2.23. The Morgan fingerprint density at radius 3 is 2.57 bits per heavy atom. The summed E-state index contributed by atoms with van der Waals surface area (Å²) in [6, 6.07) is 7.79. The molecule has 8 heteroatoms. The maximum atomic E-state index is 13.2. The lowest BCUT2D eigenvalue weighted by Gasteiger charge is -2.26. The third-order valence-electron chi connectivity index (χ3n) is 3.48. The number of allylic oxidation sites excluding steroid dienone is 1. The summed E-state index contributed by atoms with van der Waals surface area (Å²) in [5.41, 5.74) is 13.2. The number of rotatable bonds is 2. The molecule has 0 saturated heterocycles. The van der Waals surface area contributed by atoms with E-state index in [1.165, 1.54) is 23.9 Å². The van der Waals surface area contributed by atoms with Crippen LogP contribution in [0.4, 0.5) is 10.2 Å². The molecule has 0 radical (unpaired) electrons. The molecule has 1 aromatic carbocycles. The fourth-order valence-corrected chi connectivity index (χ4v) is 2.80. The van der Waals surface area contributed by atoms with Crippen LogP contribution in [0.1, 0.15) is 17.0 Å². The largest absolute Gasteiger partial charge is 0.422 e. The van der Waals surface area contributed by atoms with Crippen molar-refractivity contribution in [3.63, 3.8) is 0 Å². The molecule has 6 nitrogen and oxygen atoms in total. The summed E-state index contributed by atoms with van der Waals surface area (Å²) < 4.78 is 18.7. The average molecular weight is 329 g/mol. The number of benzene rings is 1. The van der Waals surface area contributed by atoms with Gasteiger partial charge in [0.2, 0.25) is 11.8 Å². The summed E-state index contributed by atoms with van der Waals surface area (Å²) in [7, 11) is 0. The highest BCUT2D eigenvalue weighted by atomic mass is 32.2. The van der Waals surface area contributed by atoms with Crippen molar-refractivity contribution in [1.82, 2.24) is 9.97 Å². The lowest BCUT2D eigenvalue weighted by atomic mass is 9.85. The van der Waals surface area contributed by atoms with E-state index >= 15 is 0 Å². The van der Waals surface area contributed by atoms with Crippen molar-refractivity contribution in [2.24, 2.45) is 5.73 Å². The maximum Gasteiger partial charge on any atom is 0.231 e. The predicted molar refractivity (Wildman–Crippen MR) is 83.9 cm³/mol. The zero-order valence-electron chi connectivity index (χ0n) is 12.1. The predicted octanol–water partition coefficient (Wildman–Crippen LogP) is 2.14. The second kappa shape index (κ2) is 5.78. The second-order valence-corrected chi connectivity index (χ2v) is 5.56. The molecule has 0 bridgehead atoms. The van der Waals surface area contributed by atoms with Crippen molar-refractivity contribution in [2.75, 3.05) is 12.0 Å². The minimum absolute atomic E-state index is 0.0421. The molecule has 0 saturated carbocycles. The number of nitrogens with zero attached hydrogens (tertiary/aromatic N) is 3. The van der Waals surface area contributed by atoms with Crippen molar-refractivity contribution in [3.8, 4) is 11.9 Å². The molecule has 2 heterocycles. The van der Waals surface area contributed by atoms with E-state index in [9.17, 15) is 9.65 Å². The molecule has 1 aliphatic rings. The molecule has 0 fully saturated rings. The Labute approximate surface area is 136 Å². The van der Waals surface area contributed by atoms with Crippen LogP contribution < -0.4 is 16.2 Å². The summed E-state index contributed by atoms with van der Waals surface area (Å²) in [4.78, 5) is 8.45. The van der Waals surface area contributed by atoms with Crippen LogP contribution in [0.25, 0.3) is 0 Å². The normalized spacial score (nSPS) is 16.5. The number of nitrogen functional groups attached to an aromatic ring is 1. The number of nitrogens with two attached hydrogens (primary N) is 2. The van der Waals surface area contributed by atoms with Gasteiger partial charge in [-0.15, -0.1) is 0 Å². The highest BCUT2D eigenvalue weighted by molar-refractivity contribution is 7.98. The summed E-state index contributed by atoms with van der Waals surface area (Å²) >= 11 is 1.31. The van der Waals surface area contributed by atoms with Crippen molar-refractivity contribution in [1.29, 1.82) is 5.26 Å². The van der Waals surface area contributed by atoms with Crippen molar-refractivity contribution in [2.45, 2.75) is 11.1 Å². The molecule has 23 heavy (non-hydrogen) atoms. The smallest absolute Gasteiger partial charge is 0.231 e. The Balaban J connectivity index is 2.25. The molecule has 1 unspecified atom stereocenters. The number of fused-ring (bicyclic) bond motifs is 1. The van der Waals surface area contributed by atoms with Crippen LogP contribution in [0.3, 0.4) is 0 Å². The number of nitriles is 1. The quantitative estimate of drug-likeness (QED) is 0.641. The molecule has 1 aromatic heterocycles. The van der Waals surface area contributed by atoms with E-state index in [0.29, 0.717) is 16.3 Å². The molecule has 2 aromatic rings. The van der Waals surface area contributed by atoms with Gasteiger partial charge in [0.15, 0.2) is 5.16 Å². The molecule has 1 atom stereocenters. The van der Waals surface area contributed by atoms with Gasteiger partial charge < -0.3 is 16.2 Å². The molecule has 1 aliphatic heterocycles. The first-order valence-electron chi connectivity index (χ1n) is 6.59. The number of aromatic nitrogens is 2. The number of hydrogen-bond donors (Lipinski definition) is 2. The topological polar surface area (TPSA) is 111 Å². The molecule has 4 N–H and O–H groups in total. The van der Waals surface area contributed by atoms with Crippen LogP contribution in [0.2, 0.25) is 0 Å². The molecule has 0 amide bonds. The van der Waals surface area contributed by atoms with Gasteiger partial charge in [-0.3, -0.25) is 0 Å². The molecular formula is C15H12FN5OS. The van der Waals surface area contributed by atoms with Gasteiger partial charge in [0, 0.05) is 0 Å². The number of ether oxygens (including phenoxy) is 1. The van der Waals surface area contributed by atoms with Gasteiger partial charge in [-0.25, -0.2) is 9.37 Å². The zero-order valence-corrected chi connectivity index (χ0v) is 12.9. The second-order valence-electron chi connectivity index (χ2n) is 4.79. The van der Waals surface area contributed by atoms with E-state index in [1.54, 1.807) is 18.4 Å². The molecular weight excluding hydrogens is 317 g/mol. The standard InChI is InChI=1S/C15H12FN5OS/c1-23-15-20-12(18)11-10(7-2-4-8(16)5-3-7)9(6-17)13(19)22-14(11)21-15/h2-5,10H,19H2,1H3,(H2,18,20,21). The highest BCUT2D eigenvalue weighted by Gasteiger charge is 2.34. The summed E-state index contributed by atoms with van der Waals surface area (Å²) in [5.74, 6) is -0.597. The first-order valence-corrected chi connectivity index (χ1v) is 7.82. The van der Waals surface area contributed by atoms with Gasteiger partial charge in [0.05, 0.1) is 11.5 Å². The van der Waals surface area contributed by atoms with E-state index < -0.39 is 5.92 Å². The van der Waals surface area contributed by atoms with Gasteiger partial charge in [-0.05, 0) is 24.0 Å². The monoisotopic (exact) mass is 329 g/mol. The van der Waals surface area contributed by atoms with Gasteiger partial charge in [-0.1, -0.05) is 23.9 Å². The lowest BCUT2D eigenvalue weighted by molar-refractivity contribution is 0.373. The van der Waals surface area contributed by atoms with E-state index in [4.69, 9.17) is 16.2 Å². The van der Waals surface area contributed by atoms with Crippen molar-refractivity contribution in [3.05, 3.63) is 52.7 Å². The Bertz CT molecular complexity index is 844. The highest BCUT2D eigenvalue weighted by Crippen LogP contribution is 2.43. The maximum absolute atomic E-state index is 13.2. The van der Waals surface area contributed by atoms with Crippen molar-refractivity contribution >= 4 is 17.6 Å². The van der Waals surface area contributed by atoms with E-state index in [2.05, 4.69) is 9.97 Å². The summed E-state index contributed by atoms with van der Waals surface area (Å²) in [6.07, 6.45) is 1.81. The number of anilines is 1. The van der Waals surface area contributed by atoms with Gasteiger partial charge >= 0.3 is 0 Å². The summed E-state index contributed by atoms with van der Waals surface area (Å²) in [5, 5.41) is 9.87. The first-order chi connectivity index (χ1) is 11.0. The first kappa shape index (κ1) is 15.1. The number of halogens is 1. The van der Waals surface area contributed by atoms with Crippen LogP contribution in [-0.2, 0) is 0 Å². The fraction of sp³-hybridized carbons (Fsp3) is 0.133. The average Bonchev–Trinajstić information content (AvgIpc) is 2.54. The third-order valence-corrected chi connectivity index (χ3v) is 4.02. The van der Waals surface area contributed by atoms with E-state index in [1.807, 2.05) is 6.07 Å². The van der Waals surface area contributed by atoms with Crippen LogP contribution in [0.5, 0.6) is 5.88 Å². The SMILES string of the molecule is CSc1nc(N)c2c(n1)OC(N)=C(C#N)C2c1ccc(F)cc1.